The van der Waals surface area contributed by atoms with Crippen LogP contribution in [0.4, 0.5) is 11.9 Å². The molecule has 0 aliphatic rings. The molecule has 11 heteroatoms. The van der Waals surface area contributed by atoms with Gasteiger partial charge in [-0.1, -0.05) is 77.0 Å². The van der Waals surface area contributed by atoms with Crippen LogP contribution >= 0.6 is 0 Å². The maximum Gasteiger partial charge on any atom is 0.259 e. The van der Waals surface area contributed by atoms with E-state index < -0.39 is 0 Å². The number of hydrogen-bond donors (Lipinski definition) is 4. The van der Waals surface area contributed by atoms with Gasteiger partial charge < -0.3 is 30.2 Å². The highest BCUT2D eigenvalue weighted by Gasteiger charge is 2.21. The molecule has 0 unspecified atom stereocenters. The van der Waals surface area contributed by atoms with Crippen molar-refractivity contribution in [2.24, 2.45) is 0 Å². The van der Waals surface area contributed by atoms with Crippen molar-refractivity contribution in [2.75, 3.05) is 44.3 Å². The molecule has 0 aliphatic carbocycles. The van der Waals surface area contributed by atoms with Crippen LogP contribution < -0.4 is 14.8 Å². The first kappa shape index (κ1) is 37.4. The van der Waals surface area contributed by atoms with Crippen molar-refractivity contribution < 1.29 is 25.3 Å². The largest absolute Gasteiger partial charge is 0.504 e. The highest BCUT2D eigenvalue weighted by Crippen LogP contribution is 2.29. The van der Waals surface area contributed by atoms with Gasteiger partial charge in [0.05, 0.1) is 23.7 Å². The first-order valence-corrected chi connectivity index (χ1v) is 16.7. The summed E-state index contributed by atoms with van der Waals surface area (Å²) in [6.45, 7) is 2.02. The van der Waals surface area contributed by atoms with E-state index in [2.05, 4.69) is 15.0 Å². The first-order chi connectivity index (χ1) is 21.3. The first-order valence-electron chi connectivity index (χ1n) is 16.7. The molecule has 2 rings (SSSR count). The van der Waals surface area contributed by atoms with Crippen molar-refractivity contribution in [3.8, 4) is 11.5 Å². The number of aliphatic hydroxyl groups excluding tert-OH is 3. The number of aliphatic hydroxyl groups is 3. The minimum atomic E-state index is -0.296. The molecule has 0 saturated heterocycles. The Morgan fingerprint density at radius 2 is 0.977 bits per heavy atom. The molecule has 0 atom stereocenters. The predicted octanol–water partition coefficient (Wildman–Crippen LogP) is 5.58. The van der Waals surface area contributed by atoms with E-state index in [0.29, 0.717) is 47.6 Å². The Hall–Kier alpha value is -2.76. The molecule has 2 aromatic rings. The zero-order valence-corrected chi connectivity index (χ0v) is 27.7. The number of nitrogens with zero attached hydrogens (tertiary/aromatic N) is 6. The molecule has 250 valence electrons. The second-order valence-corrected chi connectivity index (χ2v) is 11.9. The number of hydrogen-bond acceptors (Lipinski definition) is 11. The number of rotatable bonds is 25. The lowest BCUT2D eigenvalue weighted by molar-refractivity contribution is 0.247. The van der Waals surface area contributed by atoms with Gasteiger partial charge in [0, 0.05) is 34.4 Å². The van der Waals surface area contributed by atoms with E-state index in [-0.39, 0.29) is 25.6 Å². The van der Waals surface area contributed by atoms with Crippen molar-refractivity contribution in [1.82, 2.24) is 19.9 Å². The quantitative estimate of drug-likeness (QED) is 0.0816. The monoisotopic (exact) mass is 618 g/mol. The summed E-state index contributed by atoms with van der Waals surface area (Å²) in [7, 11) is 5.46. The summed E-state index contributed by atoms with van der Waals surface area (Å²) in [6.07, 6.45) is 18.6. The molecule has 0 saturated carbocycles. The van der Waals surface area contributed by atoms with Crippen LogP contribution in [0.2, 0.25) is 0 Å². The summed E-state index contributed by atoms with van der Waals surface area (Å²) in [5.41, 5.74) is 2.22. The highest BCUT2D eigenvalue weighted by atomic mass is 16.7. The Morgan fingerprint density at radius 3 is 1.45 bits per heavy atom. The van der Waals surface area contributed by atoms with Gasteiger partial charge in [-0.15, -0.1) is 0 Å². The number of hydroxylamine groups is 1. The predicted molar refractivity (Wildman–Crippen MR) is 175 cm³/mol. The maximum atomic E-state index is 10.7. The van der Waals surface area contributed by atoms with Gasteiger partial charge >= 0.3 is 0 Å². The van der Waals surface area contributed by atoms with Crippen LogP contribution in [0.5, 0.6) is 11.5 Å². The van der Waals surface area contributed by atoms with E-state index >= 15 is 0 Å². The van der Waals surface area contributed by atoms with Crippen molar-refractivity contribution in [3.63, 3.8) is 0 Å². The number of aryl methyl sites for hydroxylation is 3. The van der Waals surface area contributed by atoms with Crippen molar-refractivity contribution in [1.29, 1.82) is 0 Å². The average molecular weight is 619 g/mol. The van der Waals surface area contributed by atoms with Crippen LogP contribution in [0.25, 0.3) is 0 Å². The topological polar surface area (TPSA) is 148 Å². The van der Waals surface area contributed by atoms with Gasteiger partial charge in [0.15, 0.2) is 5.75 Å². The van der Waals surface area contributed by atoms with Gasteiger partial charge in [-0.3, -0.25) is 0 Å². The fourth-order valence-corrected chi connectivity index (χ4v) is 5.15. The SMILES string of the molecule is Cc1nc(N(C)Oc2c(CO)nc(N(C)C)nc2CCCCCCCCCCO)nc(CCCCCCCCCCO)c1O. The molecule has 2 aromatic heterocycles. The van der Waals surface area contributed by atoms with Crippen LogP contribution in [-0.4, -0.2) is 74.7 Å². The number of anilines is 2. The summed E-state index contributed by atoms with van der Waals surface area (Å²) >= 11 is 0. The van der Waals surface area contributed by atoms with E-state index in [1.165, 1.54) is 30.7 Å². The smallest absolute Gasteiger partial charge is 0.259 e. The average Bonchev–Trinajstić information content (AvgIpc) is 3.01. The van der Waals surface area contributed by atoms with E-state index in [9.17, 15) is 10.2 Å². The van der Waals surface area contributed by atoms with Gasteiger partial charge in [-0.25, -0.2) is 19.9 Å². The molecule has 0 spiro atoms. The molecule has 0 aromatic carbocycles. The number of aromatic hydroxyl groups is 1. The van der Waals surface area contributed by atoms with Crippen molar-refractivity contribution >= 4 is 11.9 Å². The fraction of sp³-hybridized carbons (Fsp3) is 0.758. The fourth-order valence-electron chi connectivity index (χ4n) is 5.15. The molecule has 0 aliphatic heterocycles. The lowest BCUT2D eigenvalue weighted by Gasteiger charge is -2.23. The van der Waals surface area contributed by atoms with Crippen LogP contribution in [0.3, 0.4) is 0 Å². The lowest BCUT2D eigenvalue weighted by atomic mass is 10.1. The normalized spacial score (nSPS) is 11.2. The highest BCUT2D eigenvalue weighted by molar-refractivity contribution is 5.43. The van der Waals surface area contributed by atoms with Gasteiger partial charge in [0.25, 0.3) is 5.95 Å². The number of aromatic nitrogens is 4. The Morgan fingerprint density at radius 1 is 0.545 bits per heavy atom. The summed E-state index contributed by atoms with van der Waals surface area (Å²) in [4.78, 5) is 26.5. The van der Waals surface area contributed by atoms with Gasteiger partial charge in [0.2, 0.25) is 11.7 Å². The molecular weight excluding hydrogens is 560 g/mol. The molecule has 0 bridgehead atoms. The van der Waals surface area contributed by atoms with E-state index in [4.69, 9.17) is 20.0 Å². The second kappa shape index (κ2) is 21.9. The Labute approximate surface area is 264 Å². The van der Waals surface area contributed by atoms with E-state index in [1.807, 2.05) is 19.0 Å². The molecular formula is C33H58N6O5. The van der Waals surface area contributed by atoms with Gasteiger partial charge in [0.1, 0.15) is 5.69 Å². The molecule has 44 heavy (non-hydrogen) atoms. The lowest BCUT2D eigenvalue weighted by Crippen LogP contribution is -2.27. The minimum absolute atomic E-state index is 0.120. The summed E-state index contributed by atoms with van der Waals surface area (Å²) in [5.74, 6) is 1.38. The summed E-state index contributed by atoms with van der Waals surface area (Å²) in [6, 6.07) is 0. The zero-order chi connectivity index (χ0) is 32.2. The molecule has 0 amide bonds. The molecule has 2 heterocycles. The molecule has 0 radical (unpaired) electrons. The minimum Gasteiger partial charge on any atom is -0.504 e. The zero-order valence-electron chi connectivity index (χ0n) is 27.7. The Kier molecular flexibility index (Phi) is 18.6. The van der Waals surface area contributed by atoms with Gasteiger partial charge in [-0.05, 0) is 45.4 Å². The second-order valence-electron chi connectivity index (χ2n) is 11.9. The molecule has 0 fully saturated rings. The Bertz CT molecular complexity index is 1070. The number of unbranched alkanes of at least 4 members (excludes halogenated alkanes) is 14. The van der Waals surface area contributed by atoms with E-state index in [1.54, 1.807) is 14.0 Å². The van der Waals surface area contributed by atoms with Gasteiger partial charge in [-0.2, -0.15) is 5.06 Å². The summed E-state index contributed by atoms with van der Waals surface area (Å²) in [5, 5.41) is 40.2. The van der Waals surface area contributed by atoms with Crippen LogP contribution in [0.1, 0.15) is 126 Å². The third kappa shape index (κ3) is 13.5. The maximum absolute atomic E-state index is 10.7. The van der Waals surface area contributed by atoms with Crippen LogP contribution in [-0.2, 0) is 19.4 Å². The summed E-state index contributed by atoms with van der Waals surface area (Å²) < 4.78 is 0. The standard InChI is InChI=1S/C33H58N6O5/c1-26-30(43)27(21-17-13-9-5-7-11-15-19-23-40)35-33(34-26)39(4)44-31-28(36-32(38(2)3)37-29(31)25-42)22-18-14-10-6-8-12-16-20-24-41/h40-43H,5-25H2,1-4H3. The Balaban J connectivity index is 2.05. The molecule has 11 nitrogen and oxygen atoms in total. The van der Waals surface area contributed by atoms with Crippen LogP contribution in [0.15, 0.2) is 0 Å². The third-order valence-electron chi connectivity index (χ3n) is 7.82. The van der Waals surface area contributed by atoms with Crippen LogP contribution in [0, 0.1) is 6.92 Å². The van der Waals surface area contributed by atoms with Crippen molar-refractivity contribution in [3.05, 3.63) is 22.8 Å². The van der Waals surface area contributed by atoms with Crippen molar-refractivity contribution in [2.45, 2.75) is 129 Å². The third-order valence-corrected chi connectivity index (χ3v) is 7.82. The van der Waals surface area contributed by atoms with E-state index in [0.717, 1.165) is 82.7 Å². The molecule has 4 N–H and O–H groups in total.